The van der Waals surface area contributed by atoms with Crippen LogP contribution in [0.3, 0.4) is 0 Å². The maximum Gasteiger partial charge on any atom is 0.0511 e. The van der Waals surface area contributed by atoms with Crippen molar-refractivity contribution >= 4 is 8.07 Å². The summed E-state index contributed by atoms with van der Waals surface area (Å²) in [4.78, 5) is 2.51. The Morgan fingerprint density at radius 1 is 1.21 bits per heavy atom. The lowest BCUT2D eigenvalue weighted by atomic mass is 10.4. The van der Waals surface area contributed by atoms with E-state index < -0.39 is 8.07 Å². The van der Waals surface area contributed by atoms with Gasteiger partial charge in [0.15, 0.2) is 0 Å². The van der Waals surface area contributed by atoms with E-state index in [0.29, 0.717) is 0 Å². The minimum atomic E-state index is -0.940. The number of hydrogen-bond acceptors (Lipinski definition) is 1. The Balaban J connectivity index is 3.65. The highest BCUT2D eigenvalue weighted by Crippen LogP contribution is 2.17. The summed E-state index contributed by atoms with van der Waals surface area (Å²) in [7, 11) is -0.940. The summed E-state index contributed by atoms with van der Waals surface area (Å²) in [5.74, 6) is 0. The summed E-state index contributed by atoms with van der Waals surface area (Å²) in [5, 5.41) is 0. The normalized spacial score (nSPS) is 12.1. The lowest BCUT2D eigenvalue weighted by Crippen LogP contribution is -2.28. The molecule has 0 saturated carbocycles. The van der Waals surface area contributed by atoms with E-state index in [4.69, 9.17) is 0 Å². The van der Waals surface area contributed by atoms with Gasteiger partial charge in [-0.2, -0.15) is 0 Å². The Morgan fingerprint density at radius 2 is 1.79 bits per heavy atom. The van der Waals surface area contributed by atoms with E-state index in [-0.39, 0.29) is 0 Å². The van der Waals surface area contributed by atoms with Crippen LogP contribution in [0.5, 0.6) is 0 Å². The molecule has 0 bridgehead atoms. The van der Waals surface area contributed by atoms with Gasteiger partial charge in [0.2, 0.25) is 0 Å². The summed E-state index contributed by atoms with van der Waals surface area (Å²) in [6, 6.07) is 2.71. The predicted octanol–water partition coefficient (Wildman–Crippen LogP) is 3.61. The van der Waals surface area contributed by atoms with Crippen LogP contribution in [0.2, 0.25) is 25.2 Å². The number of allylic oxidation sites excluding steroid dienone is 1. The number of nitrogens with zero attached hydrogens (tertiary/aromatic N) is 1. The molecule has 0 aromatic heterocycles. The zero-order valence-corrected chi connectivity index (χ0v) is 11.5. The number of hydrogen-bond donors (Lipinski definition) is 0. The van der Waals surface area contributed by atoms with E-state index in [2.05, 4.69) is 44.5 Å². The van der Waals surface area contributed by atoms with Crippen LogP contribution in [0.15, 0.2) is 12.7 Å². The van der Waals surface area contributed by atoms with E-state index in [9.17, 15) is 0 Å². The molecule has 0 fully saturated rings. The Hall–Kier alpha value is -0.0831. The van der Waals surface area contributed by atoms with Crippen molar-refractivity contribution in [3.63, 3.8) is 0 Å². The molecule has 0 N–H and O–H groups in total. The van der Waals surface area contributed by atoms with Crippen LogP contribution < -0.4 is 0 Å². The van der Waals surface area contributed by atoms with Gasteiger partial charge in [0.1, 0.15) is 0 Å². The van der Waals surface area contributed by atoms with Gasteiger partial charge in [0.05, 0.1) is 8.07 Å². The van der Waals surface area contributed by atoms with E-state index in [0.717, 1.165) is 0 Å². The molecule has 0 aromatic rings. The van der Waals surface area contributed by atoms with Crippen molar-refractivity contribution in [1.29, 1.82) is 0 Å². The zero-order chi connectivity index (χ0) is 11.0. The first-order chi connectivity index (χ1) is 6.55. The zero-order valence-electron chi connectivity index (χ0n) is 10.5. The smallest absolute Gasteiger partial charge is 0.0511 e. The SMILES string of the molecule is C=CC[Si](C)(C)CCCN(CC)CC. The fourth-order valence-corrected chi connectivity index (χ4v) is 3.91. The van der Waals surface area contributed by atoms with Crippen LogP contribution >= 0.6 is 0 Å². The molecule has 0 amide bonds. The van der Waals surface area contributed by atoms with Gasteiger partial charge in [-0.25, -0.2) is 0 Å². The van der Waals surface area contributed by atoms with Gasteiger partial charge >= 0.3 is 0 Å². The fourth-order valence-electron chi connectivity index (χ4n) is 1.81. The highest BCUT2D eigenvalue weighted by atomic mass is 28.3. The first-order valence-electron chi connectivity index (χ1n) is 5.89. The van der Waals surface area contributed by atoms with Crippen LogP contribution in [0, 0.1) is 0 Å². The second-order valence-corrected chi connectivity index (χ2v) is 10.0. The van der Waals surface area contributed by atoms with Crippen molar-refractivity contribution in [2.75, 3.05) is 19.6 Å². The Kier molecular flexibility index (Phi) is 7.20. The molecule has 0 unspecified atom stereocenters. The largest absolute Gasteiger partial charge is 0.304 e. The summed E-state index contributed by atoms with van der Waals surface area (Å²) in [6.45, 7) is 16.9. The van der Waals surface area contributed by atoms with Gasteiger partial charge in [0.25, 0.3) is 0 Å². The highest BCUT2D eigenvalue weighted by Gasteiger charge is 2.17. The molecule has 84 valence electrons. The molecule has 0 aliphatic heterocycles. The molecular formula is C12H27NSi. The standard InChI is InChI=1S/C12H27NSi/c1-6-11-14(4,5)12-9-10-13(7-2)8-3/h6H,1,7-12H2,2-5H3. The van der Waals surface area contributed by atoms with E-state index in [1.165, 1.54) is 38.1 Å². The van der Waals surface area contributed by atoms with Crippen LogP contribution in [-0.2, 0) is 0 Å². The average molecular weight is 213 g/mol. The second kappa shape index (κ2) is 7.24. The first kappa shape index (κ1) is 13.9. The Labute approximate surface area is 91.2 Å². The van der Waals surface area contributed by atoms with E-state index >= 15 is 0 Å². The third kappa shape index (κ3) is 6.38. The van der Waals surface area contributed by atoms with Crippen LogP contribution in [0.25, 0.3) is 0 Å². The third-order valence-electron chi connectivity index (χ3n) is 2.92. The second-order valence-electron chi connectivity index (χ2n) is 4.79. The molecule has 0 atom stereocenters. The molecule has 0 saturated heterocycles. The van der Waals surface area contributed by atoms with Crippen molar-refractivity contribution in [3.8, 4) is 0 Å². The highest BCUT2D eigenvalue weighted by molar-refractivity contribution is 6.77. The monoisotopic (exact) mass is 213 g/mol. The van der Waals surface area contributed by atoms with Gasteiger partial charge in [-0.05, 0) is 32.1 Å². The summed E-state index contributed by atoms with van der Waals surface area (Å²) < 4.78 is 0. The topological polar surface area (TPSA) is 3.24 Å². The van der Waals surface area contributed by atoms with Crippen LogP contribution in [0.1, 0.15) is 20.3 Å². The van der Waals surface area contributed by atoms with Gasteiger partial charge in [-0.1, -0.05) is 39.1 Å². The maximum atomic E-state index is 3.85. The third-order valence-corrected chi connectivity index (χ3v) is 6.02. The molecule has 1 nitrogen and oxygen atoms in total. The predicted molar refractivity (Wildman–Crippen MR) is 69.7 cm³/mol. The molecular weight excluding hydrogens is 186 g/mol. The Bertz CT molecular complexity index is 150. The molecule has 0 aromatic carbocycles. The van der Waals surface area contributed by atoms with Crippen LogP contribution in [-0.4, -0.2) is 32.6 Å². The summed E-state index contributed by atoms with van der Waals surface area (Å²) in [5.41, 5.74) is 0. The molecule has 0 radical (unpaired) electrons. The Morgan fingerprint density at radius 3 is 2.21 bits per heavy atom. The molecule has 0 aliphatic carbocycles. The molecule has 2 heteroatoms. The van der Waals surface area contributed by atoms with Crippen molar-refractivity contribution < 1.29 is 0 Å². The van der Waals surface area contributed by atoms with Crippen LogP contribution in [0.4, 0.5) is 0 Å². The maximum absolute atomic E-state index is 3.85. The first-order valence-corrected chi connectivity index (χ1v) is 9.30. The van der Waals surface area contributed by atoms with Gasteiger partial charge in [0, 0.05) is 0 Å². The quantitative estimate of drug-likeness (QED) is 0.440. The summed E-state index contributed by atoms with van der Waals surface area (Å²) in [6.07, 6.45) is 3.47. The lowest BCUT2D eigenvalue weighted by Gasteiger charge is -2.23. The lowest BCUT2D eigenvalue weighted by molar-refractivity contribution is 0.304. The summed E-state index contributed by atoms with van der Waals surface area (Å²) >= 11 is 0. The average Bonchev–Trinajstić information content (AvgIpc) is 2.12. The molecule has 14 heavy (non-hydrogen) atoms. The van der Waals surface area contributed by atoms with E-state index in [1.54, 1.807) is 0 Å². The fraction of sp³-hybridized carbons (Fsp3) is 0.833. The minimum Gasteiger partial charge on any atom is -0.304 e. The van der Waals surface area contributed by atoms with Gasteiger partial charge < -0.3 is 4.90 Å². The molecule has 0 rings (SSSR count). The molecule has 0 aliphatic rings. The molecule has 0 heterocycles. The molecule has 0 spiro atoms. The van der Waals surface area contributed by atoms with Crippen molar-refractivity contribution in [3.05, 3.63) is 12.7 Å². The van der Waals surface area contributed by atoms with Gasteiger partial charge in [-0.15, -0.1) is 6.58 Å². The number of rotatable bonds is 8. The van der Waals surface area contributed by atoms with Crippen molar-refractivity contribution in [2.45, 2.75) is 45.5 Å². The van der Waals surface area contributed by atoms with Crippen molar-refractivity contribution in [1.82, 2.24) is 4.90 Å². The van der Waals surface area contributed by atoms with E-state index in [1.807, 2.05) is 0 Å². The van der Waals surface area contributed by atoms with Gasteiger partial charge in [-0.3, -0.25) is 0 Å². The van der Waals surface area contributed by atoms with Crippen molar-refractivity contribution in [2.24, 2.45) is 0 Å². The minimum absolute atomic E-state index is 0.940.